The average molecular weight is 299 g/mol. The lowest BCUT2D eigenvalue weighted by Crippen LogP contribution is -2.21. The van der Waals surface area contributed by atoms with Gasteiger partial charge in [-0.3, -0.25) is 4.79 Å². The largest absolute Gasteiger partial charge is 0.465 e. The lowest BCUT2D eigenvalue weighted by molar-refractivity contribution is -0.117. The van der Waals surface area contributed by atoms with Gasteiger partial charge < -0.3 is 15.8 Å². The molecule has 5 nitrogen and oxygen atoms in total. The second-order valence-corrected chi connectivity index (χ2v) is 4.86. The van der Waals surface area contributed by atoms with E-state index in [1.165, 1.54) is 13.2 Å². The summed E-state index contributed by atoms with van der Waals surface area (Å²) < 4.78 is 4.62. The molecule has 1 aromatic rings. The van der Waals surface area contributed by atoms with Crippen LogP contribution in [0.3, 0.4) is 0 Å². The summed E-state index contributed by atoms with van der Waals surface area (Å²) in [5.74, 6) is -0.526. The Balaban J connectivity index is 2.78. The Kier molecular flexibility index (Phi) is 6.48. The van der Waals surface area contributed by atoms with E-state index in [-0.39, 0.29) is 22.4 Å². The number of hydrogen-bond acceptors (Lipinski definition) is 4. The number of methoxy groups -OCH3 is 1. The highest BCUT2D eigenvalue weighted by molar-refractivity contribution is 6.33. The maximum atomic E-state index is 11.9. The highest BCUT2D eigenvalue weighted by Gasteiger charge is 2.14. The summed E-state index contributed by atoms with van der Waals surface area (Å²) in [6.45, 7) is 2.46. The third-order valence-corrected chi connectivity index (χ3v) is 3.37. The van der Waals surface area contributed by atoms with Crippen LogP contribution in [0.1, 0.15) is 30.1 Å². The zero-order valence-electron chi connectivity index (χ0n) is 11.6. The molecule has 1 amide bonds. The van der Waals surface area contributed by atoms with E-state index in [1.54, 1.807) is 12.1 Å². The SMILES string of the molecule is CCC(CN)CC(=O)Nc1ccc(Cl)c(C(=O)OC)c1. The van der Waals surface area contributed by atoms with E-state index in [4.69, 9.17) is 17.3 Å². The van der Waals surface area contributed by atoms with E-state index in [2.05, 4.69) is 10.1 Å². The van der Waals surface area contributed by atoms with Gasteiger partial charge in [0.2, 0.25) is 5.91 Å². The Bertz CT molecular complexity index is 487. The molecule has 0 heterocycles. The molecular weight excluding hydrogens is 280 g/mol. The molecule has 0 aliphatic rings. The fourth-order valence-corrected chi connectivity index (χ4v) is 1.93. The molecule has 6 heteroatoms. The first-order valence-corrected chi connectivity index (χ1v) is 6.77. The summed E-state index contributed by atoms with van der Waals surface area (Å²) in [4.78, 5) is 23.4. The fourth-order valence-electron chi connectivity index (χ4n) is 1.74. The zero-order valence-corrected chi connectivity index (χ0v) is 12.4. The van der Waals surface area contributed by atoms with Crippen molar-refractivity contribution in [2.24, 2.45) is 11.7 Å². The average Bonchev–Trinajstić information content (AvgIpc) is 2.45. The molecule has 0 saturated heterocycles. The molecule has 110 valence electrons. The van der Waals surface area contributed by atoms with Crippen molar-refractivity contribution in [1.82, 2.24) is 0 Å². The number of amides is 1. The molecule has 0 aliphatic heterocycles. The van der Waals surface area contributed by atoms with Crippen LogP contribution in [0.4, 0.5) is 5.69 Å². The van der Waals surface area contributed by atoms with Crippen LogP contribution in [0.5, 0.6) is 0 Å². The Hall–Kier alpha value is -1.59. The molecule has 0 bridgehead atoms. The number of esters is 1. The number of carbonyl (C=O) groups is 2. The minimum absolute atomic E-state index is 0.138. The van der Waals surface area contributed by atoms with Crippen LogP contribution < -0.4 is 11.1 Å². The van der Waals surface area contributed by atoms with Crippen LogP contribution in [0.15, 0.2) is 18.2 Å². The second kappa shape index (κ2) is 7.87. The maximum Gasteiger partial charge on any atom is 0.339 e. The van der Waals surface area contributed by atoms with Crippen molar-refractivity contribution in [2.75, 3.05) is 19.0 Å². The van der Waals surface area contributed by atoms with Crippen molar-refractivity contribution in [3.05, 3.63) is 28.8 Å². The van der Waals surface area contributed by atoms with Gasteiger partial charge in [0, 0.05) is 12.1 Å². The predicted molar refractivity (Wildman–Crippen MR) is 78.9 cm³/mol. The summed E-state index contributed by atoms with van der Waals surface area (Å²) in [7, 11) is 1.27. The van der Waals surface area contributed by atoms with Crippen molar-refractivity contribution in [3.63, 3.8) is 0 Å². The van der Waals surface area contributed by atoms with Crippen molar-refractivity contribution in [3.8, 4) is 0 Å². The van der Waals surface area contributed by atoms with Crippen LogP contribution in [0, 0.1) is 5.92 Å². The monoisotopic (exact) mass is 298 g/mol. The quantitative estimate of drug-likeness (QED) is 0.790. The van der Waals surface area contributed by atoms with Gasteiger partial charge in [-0.15, -0.1) is 0 Å². The van der Waals surface area contributed by atoms with Crippen LogP contribution in [-0.2, 0) is 9.53 Å². The van der Waals surface area contributed by atoms with Gasteiger partial charge in [-0.05, 0) is 30.7 Å². The fraction of sp³-hybridized carbons (Fsp3) is 0.429. The van der Waals surface area contributed by atoms with Gasteiger partial charge in [0.25, 0.3) is 0 Å². The molecule has 20 heavy (non-hydrogen) atoms. The van der Waals surface area contributed by atoms with E-state index in [0.717, 1.165) is 6.42 Å². The number of nitrogens with one attached hydrogen (secondary N) is 1. The first kappa shape index (κ1) is 16.5. The standard InChI is InChI=1S/C14H19ClN2O3/c1-3-9(8-16)6-13(18)17-10-4-5-12(15)11(7-10)14(19)20-2/h4-5,7,9H,3,6,8,16H2,1-2H3,(H,17,18). The number of rotatable bonds is 6. The zero-order chi connectivity index (χ0) is 15.1. The normalized spacial score (nSPS) is 11.8. The maximum absolute atomic E-state index is 11.9. The van der Waals surface area contributed by atoms with Gasteiger partial charge in [0.15, 0.2) is 0 Å². The number of benzene rings is 1. The molecule has 0 aliphatic carbocycles. The summed E-state index contributed by atoms with van der Waals surface area (Å²) in [6, 6.07) is 4.68. The van der Waals surface area contributed by atoms with Crippen molar-refractivity contribution in [2.45, 2.75) is 19.8 Å². The van der Waals surface area contributed by atoms with Gasteiger partial charge in [-0.25, -0.2) is 4.79 Å². The molecule has 0 radical (unpaired) electrons. The Labute approximate surface area is 123 Å². The number of carbonyl (C=O) groups excluding carboxylic acids is 2. The van der Waals surface area contributed by atoms with E-state index >= 15 is 0 Å². The number of ether oxygens (including phenoxy) is 1. The van der Waals surface area contributed by atoms with Gasteiger partial charge in [0.05, 0.1) is 17.7 Å². The number of halogens is 1. The second-order valence-electron chi connectivity index (χ2n) is 4.45. The van der Waals surface area contributed by atoms with Crippen LogP contribution in [0.2, 0.25) is 5.02 Å². The van der Waals surface area contributed by atoms with Gasteiger partial charge in [-0.1, -0.05) is 24.9 Å². The topological polar surface area (TPSA) is 81.4 Å². The van der Waals surface area contributed by atoms with Crippen LogP contribution in [0.25, 0.3) is 0 Å². The first-order valence-electron chi connectivity index (χ1n) is 6.39. The first-order chi connectivity index (χ1) is 9.51. The Morgan fingerprint density at radius 3 is 2.70 bits per heavy atom. The predicted octanol–water partition coefficient (Wildman–Crippen LogP) is 2.44. The molecule has 0 saturated carbocycles. The molecule has 0 fully saturated rings. The molecule has 1 rings (SSSR count). The van der Waals surface area contributed by atoms with Gasteiger partial charge in [-0.2, -0.15) is 0 Å². The number of anilines is 1. The van der Waals surface area contributed by atoms with Gasteiger partial charge >= 0.3 is 5.97 Å². The molecule has 0 spiro atoms. The van der Waals surface area contributed by atoms with E-state index < -0.39 is 5.97 Å². The van der Waals surface area contributed by atoms with Crippen molar-refractivity contribution in [1.29, 1.82) is 0 Å². The Morgan fingerprint density at radius 2 is 2.15 bits per heavy atom. The van der Waals surface area contributed by atoms with Gasteiger partial charge in [0.1, 0.15) is 0 Å². The smallest absolute Gasteiger partial charge is 0.339 e. The minimum Gasteiger partial charge on any atom is -0.465 e. The highest BCUT2D eigenvalue weighted by atomic mass is 35.5. The van der Waals surface area contributed by atoms with Crippen molar-refractivity contribution < 1.29 is 14.3 Å². The summed E-state index contributed by atoms with van der Waals surface area (Å²) in [6.07, 6.45) is 1.20. The van der Waals surface area contributed by atoms with E-state index in [0.29, 0.717) is 18.7 Å². The number of nitrogens with two attached hydrogens (primary N) is 1. The molecule has 1 atom stereocenters. The molecule has 0 aromatic heterocycles. The summed E-state index contributed by atoms with van der Waals surface area (Å²) in [5, 5.41) is 3.01. The third-order valence-electron chi connectivity index (χ3n) is 3.04. The molecular formula is C14H19ClN2O3. The minimum atomic E-state index is -0.542. The lowest BCUT2D eigenvalue weighted by atomic mass is 10.0. The summed E-state index contributed by atoms with van der Waals surface area (Å²) >= 11 is 5.91. The molecule has 1 aromatic carbocycles. The number of hydrogen-bond donors (Lipinski definition) is 2. The molecule has 3 N–H and O–H groups in total. The lowest BCUT2D eigenvalue weighted by Gasteiger charge is -2.12. The third kappa shape index (κ3) is 4.51. The van der Waals surface area contributed by atoms with E-state index in [9.17, 15) is 9.59 Å². The van der Waals surface area contributed by atoms with Crippen LogP contribution >= 0.6 is 11.6 Å². The summed E-state index contributed by atoms with van der Waals surface area (Å²) in [5.41, 5.74) is 6.29. The molecule has 1 unspecified atom stereocenters. The Morgan fingerprint density at radius 1 is 1.45 bits per heavy atom. The highest BCUT2D eigenvalue weighted by Crippen LogP contribution is 2.21. The van der Waals surface area contributed by atoms with Crippen molar-refractivity contribution >= 4 is 29.2 Å². The van der Waals surface area contributed by atoms with Crippen LogP contribution in [-0.4, -0.2) is 25.5 Å². The van der Waals surface area contributed by atoms with E-state index in [1.807, 2.05) is 6.92 Å².